The number of aromatic nitrogens is 8. The molecule has 5 aromatic rings. The van der Waals surface area contributed by atoms with Crippen molar-refractivity contribution in [2.75, 3.05) is 60.9 Å². The molecule has 4 fully saturated rings. The monoisotopic (exact) mass is 794 g/mol. The number of amides is 3. The Labute approximate surface area is 330 Å². The van der Waals surface area contributed by atoms with E-state index in [0.29, 0.717) is 54.1 Å². The summed E-state index contributed by atoms with van der Waals surface area (Å²) in [6, 6.07) is 7.88. The third kappa shape index (κ3) is 7.65. The molecule has 3 amide bonds. The lowest BCUT2D eigenvalue weighted by Crippen LogP contribution is -2.53. The van der Waals surface area contributed by atoms with Gasteiger partial charge in [0, 0.05) is 89.3 Å². The van der Waals surface area contributed by atoms with Gasteiger partial charge in [-0.15, -0.1) is 0 Å². The molecule has 1 aliphatic carbocycles. The SMILES string of the molecule is CC(C)n1nc(N2CCC(N3CCN(Cc4ccc(N5CCC(=O)NC5=O)cn4)CC3)CC2)c2cnc(Nc3ccnc(-c4cnn(S(=O)(=O)C5CC5)c4)n3)cc21. The van der Waals surface area contributed by atoms with Gasteiger partial charge in [-0.3, -0.25) is 34.5 Å². The molecule has 2 N–H and O–H groups in total. The molecule has 4 aliphatic rings. The van der Waals surface area contributed by atoms with Gasteiger partial charge < -0.3 is 10.2 Å². The Hall–Kier alpha value is -5.53. The molecule has 0 aromatic carbocycles. The van der Waals surface area contributed by atoms with E-state index in [1.165, 1.54) is 12.4 Å². The van der Waals surface area contributed by atoms with Gasteiger partial charge in [-0.05, 0) is 57.7 Å². The second-order valence-corrected chi connectivity index (χ2v) is 17.5. The Morgan fingerprint density at radius 1 is 0.895 bits per heavy atom. The third-order valence-electron chi connectivity index (χ3n) is 11.2. The number of anilines is 4. The summed E-state index contributed by atoms with van der Waals surface area (Å²) in [6.45, 7) is 11.2. The number of pyridine rings is 2. The Bertz CT molecular complexity index is 2400. The van der Waals surface area contributed by atoms with E-state index in [9.17, 15) is 18.0 Å². The zero-order chi connectivity index (χ0) is 39.3. The van der Waals surface area contributed by atoms with Crippen LogP contribution in [-0.2, 0) is 21.4 Å². The fourth-order valence-corrected chi connectivity index (χ4v) is 9.40. The number of piperazine rings is 1. The number of hydrogen-bond acceptors (Lipinski definition) is 14. The second-order valence-electron chi connectivity index (χ2n) is 15.5. The van der Waals surface area contributed by atoms with Crippen LogP contribution in [0.4, 0.5) is 27.9 Å². The summed E-state index contributed by atoms with van der Waals surface area (Å²) in [5.41, 5.74) is 3.16. The number of imide groups is 1. The van der Waals surface area contributed by atoms with Crippen LogP contribution >= 0.6 is 0 Å². The highest BCUT2D eigenvalue weighted by Gasteiger charge is 2.38. The van der Waals surface area contributed by atoms with Gasteiger partial charge in [0.2, 0.25) is 5.91 Å². The highest BCUT2D eigenvalue weighted by atomic mass is 32.2. The lowest BCUT2D eigenvalue weighted by molar-refractivity contribution is -0.120. The van der Waals surface area contributed by atoms with E-state index < -0.39 is 16.1 Å². The zero-order valence-corrected chi connectivity index (χ0v) is 32.8. The van der Waals surface area contributed by atoms with Crippen LogP contribution in [0.15, 0.2) is 55.2 Å². The van der Waals surface area contributed by atoms with Crippen molar-refractivity contribution in [3.05, 3.63) is 60.9 Å². The van der Waals surface area contributed by atoms with Crippen molar-refractivity contribution in [2.45, 2.75) is 69.8 Å². The number of piperidine rings is 1. The minimum absolute atomic E-state index is 0.135. The van der Waals surface area contributed by atoms with Gasteiger partial charge in [0.25, 0.3) is 10.0 Å². The largest absolute Gasteiger partial charge is 0.354 e. The minimum Gasteiger partial charge on any atom is -0.354 e. The Kier molecular flexibility index (Phi) is 9.81. The van der Waals surface area contributed by atoms with Gasteiger partial charge in [0.1, 0.15) is 11.6 Å². The first kappa shape index (κ1) is 37.1. The van der Waals surface area contributed by atoms with E-state index in [2.05, 4.69) is 63.9 Å². The molecular formula is C38H46N14O4S. The van der Waals surface area contributed by atoms with Crippen LogP contribution in [0.2, 0.25) is 0 Å². The van der Waals surface area contributed by atoms with Crippen molar-refractivity contribution >= 4 is 56.0 Å². The Balaban J connectivity index is 0.804. The van der Waals surface area contributed by atoms with Crippen molar-refractivity contribution in [3.8, 4) is 11.4 Å². The molecule has 0 bridgehead atoms. The molecule has 0 spiro atoms. The summed E-state index contributed by atoms with van der Waals surface area (Å²) < 4.78 is 28.3. The van der Waals surface area contributed by atoms with E-state index in [0.717, 1.165) is 85.2 Å². The predicted octanol–water partition coefficient (Wildman–Crippen LogP) is 3.38. The number of fused-ring (bicyclic) bond motifs is 1. The first-order valence-electron chi connectivity index (χ1n) is 19.6. The molecule has 0 unspecified atom stereocenters. The average Bonchev–Trinajstić information content (AvgIpc) is 3.84. The van der Waals surface area contributed by atoms with E-state index in [4.69, 9.17) is 10.1 Å². The lowest BCUT2D eigenvalue weighted by Gasteiger charge is -2.42. The van der Waals surface area contributed by atoms with Gasteiger partial charge in [-0.2, -0.15) is 14.3 Å². The van der Waals surface area contributed by atoms with Gasteiger partial charge >= 0.3 is 6.03 Å². The molecule has 0 atom stereocenters. The standard InChI is InChI=1S/C38H46N14O4S/c1-25(2)52-32-19-34(43-33-7-11-39-36(44-33)26-20-42-51(23-26)57(55,56)30-5-6-30)41-22-31(32)37(46-52)49-12-8-28(9-13-49)48-17-15-47(16-18-48)24-27-3-4-29(21-40-27)50-14-10-35(53)45-38(50)54/h3-4,7,11,19-23,25,28,30H,5-6,8-10,12-18,24H2,1-2H3,(H,45,53,54)(H,39,41,43,44). The van der Waals surface area contributed by atoms with Crippen LogP contribution < -0.4 is 20.4 Å². The number of carbonyl (C=O) groups excluding carboxylic acids is 2. The molecule has 3 aliphatic heterocycles. The molecule has 8 heterocycles. The normalized spacial score (nSPS) is 19.1. The highest BCUT2D eigenvalue weighted by molar-refractivity contribution is 7.90. The highest BCUT2D eigenvalue weighted by Crippen LogP contribution is 2.33. The summed E-state index contributed by atoms with van der Waals surface area (Å²) >= 11 is 0. The molecular weight excluding hydrogens is 749 g/mol. The smallest absolute Gasteiger partial charge is 0.328 e. The lowest BCUT2D eigenvalue weighted by atomic mass is 10.0. The third-order valence-corrected chi connectivity index (χ3v) is 13.3. The summed E-state index contributed by atoms with van der Waals surface area (Å²) in [6.07, 6.45) is 11.9. The van der Waals surface area contributed by atoms with E-state index >= 15 is 0 Å². The quantitative estimate of drug-likeness (QED) is 0.198. The van der Waals surface area contributed by atoms with Gasteiger partial charge in [0.15, 0.2) is 11.6 Å². The predicted molar refractivity (Wildman–Crippen MR) is 214 cm³/mol. The van der Waals surface area contributed by atoms with Crippen LogP contribution in [0.25, 0.3) is 22.3 Å². The number of nitrogens with zero attached hydrogens (tertiary/aromatic N) is 12. The summed E-state index contributed by atoms with van der Waals surface area (Å²) in [7, 11) is -3.48. The van der Waals surface area contributed by atoms with Gasteiger partial charge in [-0.25, -0.2) is 28.2 Å². The van der Waals surface area contributed by atoms with E-state index in [1.54, 1.807) is 23.4 Å². The van der Waals surface area contributed by atoms with Crippen molar-refractivity contribution in [3.63, 3.8) is 0 Å². The number of rotatable bonds is 11. The van der Waals surface area contributed by atoms with E-state index in [1.807, 2.05) is 24.4 Å². The van der Waals surface area contributed by atoms with Crippen molar-refractivity contribution < 1.29 is 18.0 Å². The molecule has 298 valence electrons. The van der Waals surface area contributed by atoms with Crippen molar-refractivity contribution in [1.82, 2.24) is 54.0 Å². The molecule has 18 nitrogen and oxygen atoms in total. The number of hydrogen-bond donors (Lipinski definition) is 2. The molecule has 5 aromatic heterocycles. The van der Waals surface area contributed by atoms with Crippen LogP contribution in [0, 0.1) is 0 Å². The number of urea groups is 1. The first-order valence-corrected chi connectivity index (χ1v) is 21.1. The summed E-state index contributed by atoms with van der Waals surface area (Å²) in [5.74, 6) is 2.22. The fraction of sp³-hybridized carbons (Fsp3) is 0.474. The number of carbonyl (C=O) groups is 2. The van der Waals surface area contributed by atoms with Gasteiger partial charge in [0.05, 0.1) is 51.7 Å². The topological polar surface area (TPSA) is 192 Å². The number of nitrogens with one attached hydrogen (secondary N) is 2. The van der Waals surface area contributed by atoms with E-state index in [-0.39, 0.29) is 23.6 Å². The summed E-state index contributed by atoms with van der Waals surface area (Å²) in [5, 5.41) is 15.5. The fourth-order valence-electron chi connectivity index (χ4n) is 7.93. The van der Waals surface area contributed by atoms with Crippen molar-refractivity contribution in [2.24, 2.45) is 0 Å². The van der Waals surface area contributed by atoms with Crippen LogP contribution in [0.5, 0.6) is 0 Å². The molecule has 0 radical (unpaired) electrons. The van der Waals surface area contributed by atoms with Crippen LogP contribution in [0.3, 0.4) is 0 Å². The zero-order valence-electron chi connectivity index (χ0n) is 32.0. The molecule has 19 heteroatoms. The molecule has 3 saturated heterocycles. The Morgan fingerprint density at radius 2 is 1.70 bits per heavy atom. The maximum absolute atomic E-state index is 12.6. The minimum atomic E-state index is -3.48. The van der Waals surface area contributed by atoms with Crippen LogP contribution in [-0.4, -0.2) is 126 Å². The average molecular weight is 795 g/mol. The van der Waals surface area contributed by atoms with Crippen molar-refractivity contribution in [1.29, 1.82) is 0 Å². The molecule has 1 saturated carbocycles. The van der Waals surface area contributed by atoms with Gasteiger partial charge in [-0.1, -0.05) is 0 Å². The maximum Gasteiger partial charge on any atom is 0.328 e. The maximum atomic E-state index is 12.6. The first-order chi connectivity index (χ1) is 27.6. The molecule has 57 heavy (non-hydrogen) atoms. The van der Waals surface area contributed by atoms with Crippen LogP contribution in [0.1, 0.15) is 57.7 Å². The Morgan fingerprint density at radius 3 is 2.42 bits per heavy atom. The second kappa shape index (κ2) is 15.1. The molecule has 9 rings (SSSR count). The summed E-state index contributed by atoms with van der Waals surface area (Å²) in [4.78, 5) is 51.1.